The molecule has 0 radical (unpaired) electrons. The normalized spacial score (nSPS) is 11.1. The van der Waals surface area contributed by atoms with Gasteiger partial charge in [0.25, 0.3) is 5.91 Å². The second-order valence-corrected chi connectivity index (χ2v) is 7.62. The molecule has 1 heterocycles. The van der Waals surface area contributed by atoms with E-state index in [-0.39, 0.29) is 11.0 Å². The van der Waals surface area contributed by atoms with Crippen LogP contribution in [0.15, 0.2) is 24.3 Å². The van der Waals surface area contributed by atoms with Gasteiger partial charge in [0.05, 0.1) is 19.1 Å². The van der Waals surface area contributed by atoms with E-state index >= 15 is 0 Å². The molecule has 1 aromatic heterocycles. The van der Waals surface area contributed by atoms with E-state index < -0.39 is 10.0 Å². The highest BCUT2D eigenvalue weighted by atomic mass is 32.2. The highest BCUT2D eigenvalue weighted by Gasteiger charge is 2.21. The minimum atomic E-state index is -3.43. The molecule has 1 N–H and O–H groups in total. The summed E-state index contributed by atoms with van der Waals surface area (Å²) in [6.07, 6.45) is 1.04. The molecule has 0 fully saturated rings. The van der Waals surface area contributed by atoms with E-state index in [0.717, 1.165) is 17.6 Å². The number of nitrogens with one attached hydrogen (secondary N) is 1. The standard InChI is InChI=1S/C14H17N3O4S2/c1-9-12(22-14(15-9)16-23(4,19)20)13(18)17(2)10-5-7-11(21-3)8-6-10/h5-8H,1-4H3,(H,15,16). The number of rotatable bonds is 5. The largest absolute Gasteiger partial charge is 0.497 e. The van der Waals surface area contributed by atoms with Gasteiger partial charge in [0, 0.05) is 12.7 Å². The number of aromatic nitrogens is 1. The number of hydrogen-bond acceptors (Lipinski definition) is 6. The van der Waals surface area contributed by atoms with Gasteiger partial charge < -0.3 is 9.64 Å². The maximum Gasteiger partial charge on any atom is 0.270 e. The van der Waals surface area contributed by atoms with Crippen molar-refractivity contribution in [3.8, 4) is 5.75 Å². The third-order valence-corrected chi connectivity index (χ3v) is 4.78. The van der Waals surface area contributed by atoms with Crippen LogP contribution in [0.3, 0.4) is 0 Å². The highest BCUT2D eigenvalue weighted by molar-refractivity contribution is 7.92. The topological polar surface area (TPSA) is 88.6 Å². The molecule has 0 atom stereocenters. The number of thiazole rings is 1. The number of carbonyl (C=O) groups is 1. The molecular weight excluding hydrogens is 338 g/mol. The van der Waals surface area contributed by atoms with Crippen LogP contribution in [0, 0.1) is 6.92 Å². The van der Waals surface area contributed by atoms with Crippen LogP contribution in [0.25, 0.3) is 0 Å². The van der Waals surface area contributed by atoms with Crippen LogP contribution in [0.2, 0.25) is 0 Å². The Hall–Kier alpha value is -2.13. The first kappa shape index (κ1) is 17.2. The zero-order valence-electron chi connectivity index (χ0n) is 13.2. The van der Waals surface area contributed by atoms with Gasteiger partial charge in [-0.1, -0.05) is 11.3 Å². The molecule has 0 saturated heterocycles. The molecule has 0 aliphatic rings. The second-order valence-electron chi connectivity index (χ2n) is 4.87. The predicted molar refractivity (Wildman–Crippen MR) is 91.0 cm³/mol. The van der Waals surface area contributed by atoms with Gasteiger partial charge in [-0.05, 0) is 31.2 Å². The third kappa shape index (κ3) is 4.20. The second kappa shape index (κ2) is 6.55. The van der Waals surface area contributed by atoms with Gasteiger partial charge in [0.2, 0.25) is 10.0 Å². The van der Waals surface area contributed by atoms with Crippen molar-refractivity contribution >= 4 is 38.1 Å². The predicted octanol–water partition coefficient (Wildman–Crippen LogP) is 2.11. The van der Waals surface area contributed by atoms with E-state index in [9.17, 15) is 13.2 Å². The Morgan fingerprint density at radius 1 is 1.30 bits per heavy atom. The molecule has 0 bridgehead atoms. The summed E-state index contributed by atoms with van der Waals surface area (Å²) >= 11 is 1.01. The summed E-state index contributed by atoms with van der Waals surface area (Å²) in [5.74, 6) is 0.440. The van der Waals surface area contributed by atoms with Crippen molar-refractivity contribution in [3.63, 3.8) is 0 Å². The molecule has 0 unspecified atom stereocenters. The monoisotopic (exact) mass is 355 g/mol. The Kier molecular flexibility index (Phi) is 4.90. The number of methoxy groups -OCH3 is 1. The molecule has 9 heteroatoms. The van der Waals surface area contributed by atoms with Crippen LogP contribution in [0.4, 0.5) is 10.8 Å². The maximum absolute atomic E-state index is 12.6. The number of hydrogen-bond donors (Lipinski definition) is 1. The van der Waals surface area contributed by atoms with Crippen molar-refractivity contribution in [2.24, 2.45) is 0 Å². The first-order valence-corrected chi connectivity index (χ1v) is 9.29. The van der Waals surface area contributed by atoms with Crippen molar-refractivity contribution in [1.82, 2.24) is 4.98 Å². The van der Waals surface area contributed by atoms with E-state index in [1.54, 1.807) is 45.3 Å². The molecule has 2 rings (SSSR count). The lowest BCUT2D eigenvalue weighted by atomic mass is 10.2. The van der Waals surface area contributed by atoms with Gasteiger partial charge >= 0.3 is 0 Å². The van der Waals surface area contributed by atoms with Crippen LogP contribution in [-0.4, -0.2) is 39.7 Å². The summed E-state index contributed by atoms with van der Waals surface area (Å²) in [5, 5.41) is 0.177. The van der Waals surface area contributed by atoms with Crippen LogP contribution >= 0.6 is 11.3 Å². The van der Waals surface area contributed by atoms with Gasteiger partial charge in [0.15, 0.2) is 5.13 Å². The minimum Gasteiger partial charge on any atom is -0.497 e. The Morgan fingerprint density at radius 2 is 1.91 bits per heavy atom. The molecule has 1 aromatic carbocycles. The maximum atomic E-state index is 12.6. The van der Waals surface area contributed by atoms with Crippen molar-refractivity contribution in [3.05, 3.63) is 34.8 Å². The molecule has 7 nitrogen and oxygen atoms in total. The number of nitrogens with zero attached hydrogens (tertiary/aromatic N) is 2. The average molecular weight is 355 g/mol. The Morgan fingerprint density at radius 3 is 2.43 bits per heavy atom. The number of sulfonamides is 1. The van der Waals surface area contributed by atoms with Crippen LogP contribution < -0.4 is 14.4 Å². The van der Waals surface area contributed by atoms with Crippen molar-refractivity contribution in [2.45, 2.75) is 6.92 Å². The Labute approximate surface area is 139 Å². The van der Waals surface area contributed by atoms with Crippen LogP contribution in [0.5, 0.6) is 5.75 Å². The number of ether oxygens (including phenoxy) is 1. The number of amides is 1. The molecule has 0 saturated carbocycles. The lowest BCUT2D eigenvalue weighted by Crippen LogP contribution is -2.25. The molecule has 124 valence electrons. The number of anilines is 2. The van der Waals surface area contributed by atoms with Crippen molar-refractivity contribution < 1.29 is 17.9 Å². The van der Waals surface area contributed by atoms with Gasteiger partial charge in [-0.15, -0.1) is 0 Å². The minimum absolute atomic E-state index is 0.177. The zero-order valence-corrected chi connectivity index (χ0v) is 14.8. The van der Waals surface area contributed by atoms with Crippen LogP contribution in [0.1, 0.15) is 15.4 Å². The number of aryl methyl sites for hydroxylation is 1. The summed E-state index contributed by atoms with van der Waals surface area (Å²) in [5.41, 5.74) is 1.17. The fourth-order valence-corrected chi connectivity index (χ4v) is 3.65. The molecule has 0 spiro atoms. The summed E-state index contributed by atoms with van der Waals surface area (Å²) in [7, 11) is -0.211. The van der Waals surface area contributed by atoms with Gasteiger partial charge in [-0.25, -0.2) is 13.4 Å². The van der Waals surface area contributed by atoms with Gasteiger partial charge in [-0.2, -0.15) is 0 Å². The Bertz CT molecular complexity index is 813. The van der Waals surface area contributed by atoms with E-state index in [0.29, 0.717) is 22.0 Å². The average Bonchev–Trinajstić information content (AvgIpc) is 2.84. The molecule has 2 aromatic rings. The quantitative estimate of drug-likeness (QED) is 0.887. The molecule has 23 heavy (non-hydrogen) atoms. The first-order chi connectivity index (χ1) is 10.7. The van der Waals surface area contributed by atoms with E-state index in [1.165, 1.54) is 4.90 Å². The fraction of sp³-hybridized carbons (Fsp3) is 0.286. The zero-order chi connectivity index (χ0) is 17.2. The van der Waals surface area contributed by atoms with E-state index in [4.69, 9.17) is 4.74 Å². The van der Waals surface area contributed by atoms with E-state index in [1.807, 2.05) is 0 Å². The molecule has 1 amide bonds. The molecule has 0 aliphatic heterocycles. The number of carbonyl (C=O) groups excluding carboxylic acids is 1. The van der Waals surface area contributed by atoms with Crippen molar-refractivity contribution in [1.29, 1.82) is 0 Å². The van der Waals surface area contributed by atoms with Gasteiger partial charge in [0.1, 0.15) is 10.6 Å². The highest BCUT2D eigenvalue weighted by Crippen LogP contribution is 2.27. The summed E-state index contributed by atoms with van der Waals surface area (Å²) < 4.78 is 29.9. The first-order valence-electron chi connectivity index (χ1n) is 6.58. The molecular formula is C14H17N3O4S2. The fourth-order valence-electron chi connectivity index (χ4n) is 1.87. The van der Waals surface area contributed by atoms with Crippen LogP contribution in [-0.2, 0) is 10.0 Å². The smallest absolute Gasteiger partial charge is 0.270 e. The van der Waals surface area contributed by atoms with Gasteiger partial charge in [-0.3, -0.25) is 9.52 Å². The SMILES string of the molecule is COc1ccc(N(C)C(=O)c2sc(NS(C)(=O)=O)nc2C)cc1. The lowest BCUT2D eigenvalue weighted by Gasteiger charge is -2.17. The van der Waals surface area contributed by atoms with Crippen molar-refractivity contribution in [2.75, 3.05) is 30.0 Å². The van der Waals surface area contributed by atoms with E-state index in [2.05, 4.69) is 9.71 Å². The third-order valence-electron chi connectivity index (χ3n) is 3.03. The molecule has 0 aliphatic carbocycles. The lowest BCUT2D eigenvalue weighted by molar-refractivity contribution is 0.0996. The summed E-state index contributed by atoms with van der Waals surface area (Å²) in [4.78, 5) is 18.5. The summed E-state index contributed by atoms with van der Waals surface area (Å²) in [6, 6.07) is 7.05. The number of benzene rings is 1. The summed E-state index contributed by atoms with van der Waals surface area (Å²) in [6.45, 7) is 1.67. The Balaban J connectivity index is 2.25.